The van der Waals surface area contributed by atoms with Crippen molar-refractivity contribution in [3.05, 3.63) is 28.2 Å². The molecule has 1 N–H and O–H groups in total. The maximum absolute atomic E-state index is 5.94. The van der Waals surface area contributed by atoms with Gasteiger partial charge in [0, 0.05) is 30.5 Å². The molecule has 0 bridgehead atoms. The van der Waals surface area contributed by atoms with Crippen molar-refractivity contribution in [1.82, 2.24) is 10.4 Å². The Morgan fingerprint density at radius 1 is 1.28 bits per heavy atom. The third-order valence-electron chi connectivity index (χ3n) is 3.66. The first-order chi connectivity index (χ1) is 8.81. The van der Waals surface area contributed by atoms with Gasteiger partial charge in [-0.1, -0.05) is 22.4 Å². The molecule has 0 radical (unpaired) electrons. The van der Waals surface area contributed by atoms with E-state index in [0.29, 0.717) is 0 Å². The molecule has 1 aromatic rings. The summed E-state index contributed by atoms with van der Waals surface area (Å²) in [5, 5.41) is 2.34. The van der Waals surface area contributed by atoms with Crippen LogP contribution in [0.5, 0.6) is 5.75 Å². The van der Waals surface area contributed by atoms with Gasteiger partial charge >= 0.3 is 0 Å². The lowest BCUT2D eigenvalue weighted by atomic mass is 10.1. The molecule has 2 heterocycles. The first-order valence-corrected chi connectivity index (χ1v) is 7.54. The molecule has 0 aliphatic carbocycles. The molecule has 1 atom stereocenters. The average molecular weight is 311 g/mol. The van der Waals surface area contributed by atoms with Crippen LogP contribution in [0.1, 0.15) is 24.8 Å². The summed E-state index contributed by atoms with van der Waals surface area (Å²) < 4.78 is 7.08. The predicted molar refractivity (Wildman–Crippen MR) is 75.7 cm³/mol. The summed E-state index contributed by atoms with van der Waals surface area (Å²) in [5.74, 6) is 1.05. The Hall–Kier alpha value is -0.580. The van der Waals surface area contributed by atoms with Crippen LogP contribution < -0.4 is 10.2 Å². The molecule has 0 spiro atoms. The molecule has 1 saturated heterocycles. The Morgan fingerprint density at radius 2 is 2.11 bits per heavy atom. The van der Waals surface area contributed by atoms with E-state index >= 15 is 0 Å². The highest BCUT2D eigenvalue weighted by Crippen LogP contribution is 2.30. The zero-order valence-corrected chi connectivity index (χ0v) is 12.1. The minimum atomic E-state index is 0.274. The van der Waals surface area contributed by atoms with Gasteiger partial charge in [-0.15, -0.1) is 0 Å². The summed E-state index contributed by atoms with van der Waals surface area (Å²) in [7, 11) is 0. The Morgan fingerprint density at radius 3 is 2.94 bits per heavy atom. The summed E-state index contributed by atoms with van der Waals surface area (Å²) in [6.45, 7) is 3.25. The zero-order valence-electron chi connectivity index (χ0n) is 10.5. The normalized spacial score (nSPS) is 23.7. The summed E-state index contributed by atoms with van der Waals surface area (Å²) >= 11 is 3.51. The molecular formula is C14H19BrN2O. The number of nitrogens with one attached hydrogen (secondary N) is 1. The average Bonchev–Trinajstić information content (AvgIpc) is 2.79. The number of nitrogens with zero attached hydrogens (tertiary/aromatic N) is 1. The number of ether oxygens (including phenoxy) is 1. The number of hydrogen-bond acceptors (Lipinski definition) is 3. The van der Waals surface area contributed by atoms with Crippen LogP contribution in [0.25, 0.3) is 0 Å². The van der Waals surface area contributed by atoms with E-state index in [1.54, 1.807) is 0 Å². The van der Waals surface area contributed by atoms with E-state index in [-0.39, 0.29) is 6.10 Å². The van der Waals surface area contributed by atoms with Gasteiger partial charge in [-0.2, -0.15) is 0 Å². The Bertz CT molecular complexity index is 418. The maximum atomic E-state index is 5.94. The van der Waals surface area contributed by atoms with Gasteiger partial charge in [0.1, 0.15) is 11.9 Å². The molecule has 98 valence electrons. The van der Waals surface area contributed by atoms with Crippen molar-refractivity contribution in [2.45, 2.75) is 31.8 Å². The monoisotopic (exact) mass is 310 g/mol. The van der Waals surface area contributed by atoms with Crippen LogP contribution in [0.2, 0.25) is 0 Å². The minimum absolute atomic E-state index is 0.274. The van der Waals surface area contributed by atoms with Crippen LogP contribution in [0.15, 0.2) is 22.7 Å². The van der Waals surface area contributed by atoms with E-state index in [9.17, 15) is 0 Å². The quantitative estimate of drug-likeness (QED) is 0.929. The van der Waals surface area contributed by atoms with Gasteiger partial charge in [-0.05, 0) is 36.6 Å². The molecule has 1 fully saturated rings. The van der Waals surface area contributed by atoms with Crippen molar-refractivity contribution in [3.8, 4) is 5.75 Å². The summed E-state index contributed by atoms with van der Waals surface area (Å²) in [5.41, 5.74) is 4.82. The lowest BCUT2D eigenvalue weighted by Crippen LogP contribution is -2.45. The van der Waals surface area contributed by atoms with Crippen LogP contribution >= 0.6 is 15.9 Å². The second kappa shape index (κ2) is 5.59. The third kappa shape index (κ3) is 2.87. The highest BCUT2D eigenvalue weighted by Gasteiger charge is 2.23. The van der Waals surface area contributed by atoms with Crippen LogP contribution in [0.3, 0.4) is 0 Å². The molecule has 4 heteroatoms. The number of piperidine rings is 1. The molecule has 0 amide bonds. The highest BCUT2D eigenvalue weighted by atomic mass is 79.9. The number of rotatable bonds is 3. The van der Waals surface area contributed by atoms with E-state index < -0.39 is 0 Å². The number of fused-ring (bicyclic) bond motifs is 1. The van der Waals surface area contributed by atoms with E-state index in [1.807, 2.05) is 6.07 Å². The molecule has 2 aliphatic heterocycles. The van der Waals surface area contributed by atoms with Crippen molar-refractivity contribution in [3.63, 3.8) is 0 Å². The van der Waals surface area contributed by atoms with Gasteiger partial charge in [0.05, 0.1) is 0 Å². The molecule has 3 nitrogen and oxygen atoms in total. The van der Waals surface area contributed by atoms with Gasteiger partial charge in [0.2, 0.25) is 0 Å². The Balaban J connectivity index is 1.51. The zero-order chi connectivity index (χ0) is 12.4. The standard InChI is InChI=1S/C14H19BrN2O/c15-12-4-5-14-11(8-12)9-13(18-14)10-16-17-6-2-1-3-7-17/h4-5,8,13,16H,1-3,6-7,9-10H2. The van der Waals surface area contributed by atoms with Gasteiger partial charge in [0.25, 0.3) is 0 Å². The van der Waals surface area contributed by atoms with Gasteiger partial charge in [-0.25, -0.2) is 5.01 Å². The number of halogens is 1. The second-order valence-corrected chi connectivity index (χ2v) is 6.02. The fourth-order valence-electron chi connectivity index (χ4n) is 2.69. The van der Waals surface area contributed by atoms with E-state index in [2.05, 4.69) is 38.5 Å². The number of hydrogen-bond donors (Lipinski definition) is 1. The summed E-state index contributed by atoms with van der Waals surface area (Å²) in [4.78, 5) is 0. The largest absolute Gasteiger partial charge is 0.488 e. The van der Waals surface area contributed by atoms with Crippen molar-refractivity contribution in [1.29, 1.82) is 0 Å². The first kappa shape index (κ1) is 12.5. The Kier molecular flexibility index (Phi) is 3.87. The smallest absolute Gasteiger partial charge is 0.123 e. The maximum Gasteiger partial charge on any atom is 0.123 e. The van der Waals surface area contributed by atoms with Crippen molar-refractivity contribution in [2.75, 3.05) is 19.6 Å². The van der Waals surface area contributed by atoms with Crippen LogP contribution in [0, 0.1) is 0 Å². The molecular weight excluding hydrogens is 292 g/mol. The molecule has 3 rings (SSSR count). The predicted octanol–water partition coefficient (Wildman–Crippen LogP) is 2.74. The molecule has 18 heavy (non-hydrogen) atoms. The van der Waals surface area contributed by atoms with Crippen molar-refractivity contribution < 1.29 is 4.74 Å². The fraction of sp³-hybridized carbons (Fsp3) is 0.571. The van der Waals surface area contributed by atoms with E-state index in [1.165, 1.54) is 37.9 Å². The SMILES string of the molecule is Brc1ccc2c(c1)CC(CNN1CCCCC1)O2. The molecule has 0 aromatic heterocycles. The van der Waals surface area contributed by atoms with Crippen molar-refractivity contribution >= 4 is 15.9 Å². The van der Waals surface area contributed by atoms with Gasteiger partial charge in [-0.3, -0.25) is 5.43 Å². The first-order valence-electron chi connectivity index (χ1n) is 6.75. The summed E-state index contributed by atoms with van der Waals surface area (Å²) in [6, 6.07) is 6.26. The van der Waals surface area contributed by atoms with Gasteiger partial charge in [0.15, 0.2) is 0 Å². The fourth-order valence-corrected chi connectivity index (χ4v) is 3.09. The molecule has 1 aromatic carbocycles. The van der Waals surface area contributed by atoms with Crippen LogP contribution in [0.4, 0.5) is 0 Å². The van der Waals surface area contributed by atoms with Crippen LogP contribution in [-0.2, 0) is 6.42 Å². The second-order valence-electron chi connectivity index (χ2n) is 5.11. The molecule has 0 saturated carbocycles. The van der Waals surface area contributed by atoms with Gasteiger partial charge < -0.3 is 4.74 Å². The number of benzene rings is 1. The van der Waals surface area contributed by atoms with E-state index in [4.69, 9.17) is 4.74 Å². The van der Waals surface area contributed by atoms with Crippen molar-refractivity contribution in [2.24, 2.45) is 0 Å². The molecule has 2 aliphatic rings. The highest BCUT2D eigenvalue weighted by molar-refractivity contribution is 9.10. The minimum Gasteiger partial charge on any atom is -0.488 e. The van der Waals surface area contributed by atoms with Crippen LogP contribution in [-0.4, -0.2) is 30.7 Å². The Labute approximate surface area is 117 Å². The summed E-state index contributed by atoms with van der Waals surface area (Å²) in [6.07, 6.45) is 5.28. The molecule has 1 unspecified atom stereocenters. The lowest BCUT2D eigenvalue weighted by molar-refractivity contribution is 0.119. The lowest BCUT2D eigenvalue weighted by Gasteiger charge is -2.28. The third-order valence-corrected chi connectivity index (χ3v) is 4.16. The number of hydrazine groups is 1. The topological polar surface area (TPSA) is 24.5 Å². The van der Waals surface area contributed by atoms with E-state index in [0.717, 1.165) is 23.2 Å².